The lowest BCUT2D eigenvalue weighted by Gasteiger charge is -2.24. The van der Waals surface area contributed by atoms with Crippen molar-refractivity contribution in [1.82, 2.24) is 4.90 Å². The molecule has 0 aliphatic carbocycles. The number of rotatable bonds is 7. The Kier molecular flexibility index (Phi) is 6.82. The van der Waals surface area contributed by atoms with Crippen molar-refractivity contribution in [3.05, 3.63) is 98.8 Å². The summed E-state index contributed by atoms with van der Waals surface area (Å²) in [7, 11) is 0. The number of carboxylic acids is 1. The van der Waals surface area contributed by atoms with Gasteiger partial charge in [0.2, 0.25) is 0 Å². The van der Waals surface area contributed by atoms with E-state index < -0.39 is 29.8 Å². The Morgan fingerprint density at radius 1 is 1.09 bits per heavy atom. The molecule has 1 aliphatic heterocycles. The van der Waals surface area contributed by atoms with E-state index in [1.54, 1.807) is 48.5 Å². The van der Waals surface area contributed by atoms with Crippen LogP contribution in [-0.2, 0) is 24.2 Å². The Morgan fingerprint density at radius 2 is 1.88 bits per heavy atom. The second-order valence-corrected chi connectivity index (χ2v) is 9.50. The lowest BCUT2D eigenvalue weighted by atomic mass is 9.91. The van der Waals surface area contributed by atoms with Crippen molar-refractivity contribution in [3.8, 4) is 5.75 Å². The first-order chi connectivity index (χ1) is 16.1. The molecule has 0 aromatic heterocycles. The highest BCUT2D eigenvalue weighted by atomic mass is 35.5. The molecule has 5 nitrogen and oxygen atoms in total. The number of carbonyl (C=O) groups is 2. The van der Waals surface area contributed by atoms with Gasteiger partial charge in [0, 0.05) is 30.0 Å². The van der Waals surface area contributed by atoms with E-state index in [9.17, 15) is 19.1 Å². The van der Waals surface area contributed by atoms with Gasteiger partial charge in [-0.2, -0.15) is 0 Å². The lowest BCUT2D eigenvalue weighted by Crippen LogP contribution is -2.35. The summed E-state index contributed by atoms with van der Waals surface area (Å²) < 4.78 is 20.0. The number of hydrogen-bond acceptors (Lipinski definition) is 3. The molecule has 176 valence electrons. The predicted molar refractivity (Wildman–Crippen MR) is 128 cm³/mol. The van der Waals surface area contributed by atoms with Crippen molar-refractivity contribution in [3.63, 3.8) is 0 Å². The third-order valence-corrected chi connectivity index (χ3v) is 6.21. The molecule has 3 aromatic carbocycles. The molecule has 1 atom stereocenters. The molecule has 3 aromatic rings. The second-order valence-electron chi connectivity index (χ2n) is 8.66. The fourth-order valence-electron chi connectivity index (χ4n) is 4.24. The van der Waals surface area contributed by atoms with Crippen molar-refractivity contribution < 1.29 is 23.8 Å². The van der Waals surface area contributed by atoms with Crippen LogP contribution < -0.4 is 4.74 Å². The van der Waals surface area contributed by atoms with Crippen molar-refractivity contribution in [2.24, 2.45) is 0 Å². The third-order valence-electron chi connectivity index (χ3n) is 5.67. The van der Waals surface area contributed by atoms with E-state index >= 15 is 0 Å². The first-order valence-electron chi connectivity index (χ1n) is 10.6. The SMILES string of the molecule is C[C@@]1(Cc2ccc(Cl)c(F)c2)Cc2cc(C(=O)N(CC(=O)O)Cc3cccc(Cl)c3)ccc2O1. The highest BCUT2D eigenvalue weighted by Gasteiger charge is 2.36. The standard InChI is InChI=1S/C26H22Cl2FNO4/c1-26(12-16-5-7-21(28)22(29)10-16)13-19-11-18(6-8-23(19)34-26)25(33)30(15-24(31)32)14-17-3-2-4-20(27)9-17/h2-11H,12-15H2,1H3,(H,31,32)/t26-/m1/s1. The molecule has 1 aliphatic rings. The van der Waals surface area contributed by atoms with Gasteiger partial charge in [-0.3, -0.25) is 9.59 Å². The Hall–Kier alpha value is -3.09. The van der Waals surface area contributed by atoms with Gasteiger partial charge in [0.05, 0.1) is 5.02 Å². The molecular formula is C26H22Cl2FNO4. The highest BCUT2D eigenvalue weighted by Crippen LogP contribution is 2.38. The van der Waals surface area contributed by atoms with Gasteiger partial charge in [0.1, 0.15) is 23.7 Å². The number of ether oxygens (including phenoxy) is 1. The summed E-state index contributed by atoms with van der Waals surface area (Å²) >= 11 is 11.8. The van der Waals surface area contributed by atoms with E-state index in [-0.39, 0.29) is 11.6 Å². The van der Waals surface area contributed by atoms with Gasteiger partial charge in [0.15, 0.2) is 0 Å². The molecule has 0 unspecified atom stereocenters. The topological polar surface area (TPSA) is 66.8 Å². The normalized spacial score (nSPS) is 16.6. The fourth-order valence-corrected chi connectivity index (χ4v) is 4.57. The fraction of sp³-hybridized carbons (Fsp3) is 0.231. The van der Waals surface area contributed by atoms with Crippen molar-refractivity contribution in [2.75, 3.05) is 6.54 Å². The Balaban J connectivity index is 1.53. The zero-order valence-electron chi connectivity index (χ0n) is 18.4. The van der Waals surface area contributed by atoms with Crippen LogP contribution in [0.1, 0.15) is 34.0 Å². The third kappa shape index (κ3) is 5.51. The highest BCUT2D eigenvalue weighted by molar-refractivity contribution is 6.31. The monoisotopic (exact) mass is 501 g/mol. The number of aliphatic carboxylic acids is 1. The van der Waals surface area contributed by atoms with Crippen LogP contribution in [0.2, 0.25) is 10.0 Å². The summed E-state index contributed by atoms with van der Waals surface area (Å²) in [5, 5.41) is 9.91. The number of benzene rings is 3. The molecule has 8 heteroatoms. The molecule has 4 rings (SSSR count). The molecule has 0 radical (unpaired) electrons. The zero-order valence-corrected chi connectivity index (χ0v) is 19.9. The number of carboxylic acid groups (broad SMARTS) is 1. The molecule has 1 amide bonds. The first kappa shape index (κ1) is 24.0. The summed E-state index contributed by atoms with van der Waals surface area (Å²) in [5.41, 5.74) is 2.07. The molecule has 1 N–H and O–H groups in total. The molecule has 1 heterocycles. The lowest BCUT2D eigenvalue weighted by molar-refractivity contribution is -0.137. The maximum absolute atomic E-state index is 13.9. The molecule has 0 fully saturated rings. The predicted octanol–water partition coefficient (Wildman–Crippen LogP) is 5.80. The quantitative estimate of drug-likeness (QED) is 0.444. The molecule has 0 spiro atoms. The number of carbonyl (C=O) groups excluding carboxylic acids is 1. The van der Waals surface area contributed by atoms with Crippen LogP contribution in [0.25, 0.3) is 0 Å². The number of fused-ring (bicyclic) bond motifs is 1. The smallest absolute Gasteiger partial charge is 0.323 e. The van der Waals surface area contributed by atoms with Crippen LogP contribution in [0.3, 0.4) is 0 Å². The average molecular weight is 502 g/mol. The van der Waals surface area contributed by atoms with Crippen molar-refractivity contribution >= 4 is 35.1 Å². The van der Waals surface area contributed by atoms with E-state index in [4.69, 9.17) is 27.9 Å². The van der Waals surface area contributed by atoms with Gasteiger partial charge in [-0.1, -0.05) is 41.4 Å². The first-order valence-corrected chi connectivity index (χ1v) is 11.4. The van der Waals surface area contributed by atoms with Gasteiger partial charge < -0.3 is 14.7 Å². The Bertz CT molecular complexity index is 1270. The van der Waals surface area contributed by atoms with Crippen LogP contribution in [0, 0.1) is 5.82 Å². The summed E-state index contributed by atoms with van der Waals surface area (Å²) in [5.74, 6) is -1.35. The molecule has 0 bridgehead atoms. The van der Waals surface area contributed by atoms with Gasteiger partial charge >= 0.3 is 5.97 Å². The summed E-state index contributed by atoms with van der Waals surface area (Å²) in [4.78, 5) is 25.9. The molecule has 0 saturated heterocycles. The minimum Gasteiger partial charge on any atom is -0.487 e. The zero-order chi connectivity index (χ0) is 24.5. The van der Waals surface area contributed by atoms with Crippen LogP contribution in [0.5, 0.6) is 5.75 Å². The summed E-state index contributed by atoms with van der Waals surface area (Å²) in [6.07, 6.45) is 0.972. The van der Waals surface area contributed by atoms with E-state index in [0.29, 0.717) is 29.2 Å². The maximum atomic E-state index is 13.9. The van der Waals surface area contributed by atoms with Gasteiger partial charge in [-0.25, -0.2) is 4.39 Å². The largest absolute Gasteiger partial charge is 0.487 e. The number of nitrogens with zero attached hydrogens (tertiary/aromatic N) is 1. The van der Waals surface area contributed by atoms with Gasteiger partial charge in [0.25, 0.3) is 5.91 Å². The van der Waals surface area contributed by atoms with E-state index in [1.165, 1.54) is 17.0 Å². The van der Waals surface area contributed by atoms with Gasteiger partial charge in [-0.05, 0) is 66.1 Å². The van der Waals surface area contributed by atoms with Gasteiger partial charge in [-0.15, -0.1) is 0 Å². The van der Waals surface area contributed by atoms with Crippen LogP contribution in [-0.4, -0.2) is 34.0 Å². The van der Waals surface area contributed by atoms with E-state index in [2.05, 4.69) is 0 Å². The Labute approximate surface area is 206 Å². The Morgan fingerprint density at radius 3 is 2.59 bits per heavy atom. The minimum atomic E-state index is -1.11. The summed E-state index contributed by atoms with van der Waals surface area (Å²) in [6.45, 7) is 1.59. The summed E-state index contributed by atoms with van der Waals surface area (Å²) in [6, 6.07) is 16.7. The van der Waals surface area contributed by atoms with Crippen LogP contribution in [0.15, 0.2) is 60.7 Å². The molecular weight excluding hydrogens is 480 g/mol. The number of halogens is 3. The second kappa shape index (κ2) is 9.65. The molecule has 34 heavy (non-hydrogen) atoms. The number of hydrogen-bond donors (Lipinski definition) is 1. The van der Waals surface area contributed by atoms with Crippen LogP contribution >= 0.6 is 23.2 Å². The molecule has 0 saturated carbocycles. The van der Waals surface area contributed by atoms with Crippen LogP contribution in [0.4, 0.5) is 4.39 Å². The van der Waals surface area contributed by atoms with Crippen molar-refractivity contribution in [2.45, 2.75) is 31.9 Å². The van der Waals surface area contributed by atoms with E-state index in [0.717, 1.165) is 16.7 Å². The van der Waals surface area contributed by atoms with Crippen molar-refractivity contribution in [1.29, 1.82) is 0 Å². The van der Waals surface area contributed by atoms with E-state index in [1.807, 2.05) is 6.92 Å². The number of amides is 1. The average Bonchev–Trinajstić information content (AvgIpc) is 3.10. The minimum absolute atomic E-state index is 0.0661. The maximum Gasteiger partial charge on any atom is 0.323 e.